The summed E-state index contributed by atoms with van der Waals surface area (Å²) in [5.41, 5.74) is 6.17. The third kappa shape index (κ3) is 3.80. The zero-order valence-electron chi connectivity index (χ0n) is 14.0. The van der Waals surface area contributed by atoms with E-state index in [2.05, 4.69) is 5.32 Å². The van der Waals surface area contributed by atoms with E-state index in [0.29, 0.717) is 5.69 Å². The van der Waals surface area contributed by atoms with E-state index in [9.17, 15) is 14.0 Å². The molecule has 6 heteroatoms. The van der Waals surface area contributed by atoms with Crippen LogP contribution in [0.15, 0.2) is 60.7 Å². The van der Waals surface area contributed by atoms with Gasteiger partial charge in [0.25, 0.3) is 5.91 Å². The van der Waals surface area contributed by atoms with Crippen molar-refractivity contribution in [3.8, 4) is 0 Å². The summed E-state index contributed by atoms with van der Waals surface area (Å²) in [6.45, 7) is 1.45. The van der Waals surface area contributed by atoms with Gasteiger partial charge in [-0.05, 0) is 48.0 Å². The summed E-state index contributed by atoms with van der Waals surface area (Å²) in [4.78, 5) is 24.4. The first kappa shape index (κ1) is 17.4. The SMILES string of the molecule is C[C@H](OC(=O)c1ccc(F)cc1N)C(=O)Nc1ccc2ccccc2c1. The van der Waals surface area contributed by atoms with Crippen molar-refractivity contribution in [1.29, 1.82) is 0 Å². The minimum absolute atomic E-state index is 0.0109. The molecule has 3 aromatic rings. The maximum Gasteiger partial charge on any atom is 0.341 e. The quantitative estimate of drug-likeness (QED) is 0.553. The van der Waals surface area contributed by atoms with Gasteiger partial charge in [0.15, 0.2) is 6.10 Å². The molecule has 3 rings (SSSR count). The predicted molar refractivity (Wildman–Crippen MR) is 98.3 cm³/mol. The van der Waals surface area contributed by atoms with Crippen LogP contribution >= 0.6 is 0 Å². The van der Waals surface area contributed by atoms with Crippen LogP contribution in [0, 0.1) is 5.82 Å². The second-order valence-corrected chi connectivity index (χ2v) is 5.83. The molecule has 0 bridgehead atoms. The highest BCUT2D eigenvalue weighted by Gasteiger charge is 2.20. The fourth-order valence-corrected chi connectivity index (χ4v) is 2.51. The number of hydrogen-bond donors (Lipinski definition) is 2. The van der Waals surface area contributed by atoms with Crippen molar-refractivity contribution in [2.45, 2.75) is 13.0 Å². The van der Waals surface area contributed by atoms with Gasteiger partial charge in [-0.3, -0.25) is 4.79 Å². The first-order valence-corrected chi connectivity index (χ1v) is 8.00. The normalized spacial score (nSPS) is 11.8. The maximum absolute atomic E-state index is 13.1. The van der Waals surface area contributed by atoms with Crippen molar-refractivity contribution in [3.63, 3.8) is 0 Å². The van der Waals surface area contributed by atoms with Crippen LogP contribution in [0.2, 0.25) is 0 Å². The van der Waals surface area contributed by atoms with Crippen molar-refractivity contribution >= 4 is 34.0 Å². The van der Waals surface area contributed by atoms with E-state index in [-0.39, 0.29) is 11.3 Å². The van der Waals surface area contributed by atoms with Crippen molar-refractivity contribution in [1.82, 2.24) is 0 Å². The number of nitrogens with one attached hydrogen (secondary N) is 1. The largest absolute Gasteiger partial charge is 0.449 e. The standard InChI is InChI=1S/C20H17FN2O3/c1-12(26-20(25)17-9-7-15(21)11-18(17)22)19(24)23-16-8-6-13-4-2-3-5-14(13)10-16/h2-12H,22H2,1H3,(H,23,24)/t12-/m0/s1. The number of anilines is 2. The zero-order chi connectivity index (χ0) is 18.7. The molecular weight excluding hydrogens is 335 g/mol. The molecule has 0 spiro atoms. The fourth-order valence-electron chi connectivity index (χ4n) is 2.51. The number of nitrogen functional groups attached to an aromatic ring is 1. The van der Waals surface area contributed by atoms with Gasteiger partial charge in [0.05, 0.1) is 5.56 Å². The number of halogens is 1. The second kappa shape index (κ2) is 7.23. The Bertz CT molecular complexity index is 988. The number of esters is 1. The lowest BCUT2D eigenvalue weighted by Gasteiger charge is -2.14. The topological polar surface area (TPSA) is 81.4 Å². The van der Waals surface area contributed by atoms with Crippen molar-refractivity contribution in [2.24, 2.45) is 0 Å². The fraction of sp³-hybridized carbons (Fsp3) is 0.100. The van der Waals surface area contributed by atoms with Crippen LogP contribution in [-0.2, 0) is 9.53 Å². The molecule has 0 aliphatic heterocycles. The van der Waals surface area contributed by atoms with Crippen molar-refractivity contribution < 1.29 is 18.7 Å². The molecule has 0 fully saturated rings. The Morgan fingerprint density at radius 1 is 1.04 bits per heavy atom. The number of benzene rings is 3. The van der Waals surface area contributed by atoms with E-state index in [4.69, 9.17) is 10.5 Å². The number of rotatable bonds is 4. The summed E-state index contributed by atoms with van der Waals surface area (Å²) in [5, 5.41) is 4.74. The van der Waals surface area contributed by atoms with E-state index in [1.807, 2.05) is 36.4 Å². The van der Waals surface area contributed by atoms with Gasteiger partial charge in [0, 0.05) is 11.4 Å². The molecule has 132 valence electrons. The van der Waals surface area contributed by atoms with Gasteiger partial charge in [-0.1, -0.05) is 30.3 Å². The van der Waals surface area contributed by atoms with E-state index in [1.54, 1.807) is 6.07 Å². The van der Waals surface area contributed by atoms with Gasteiger partial charge >= 0.3 is 5.97 Å². The Labute approximate surface area is 149 Å². The summed E-state index contributed by atoms with van der Waals surface area (Å²) >= 11 is 0. The summed E-state index contributed by atoms with van der Waals surface area (Å²) in [5.74, 6) is -1.82. The molecule has 5 nitrogen and oxygen atoms in total. The Balaban J connectivity index is 1.67. The molecule has 0 saturated carbocycles. The summed E-state index contributed by atoms with van der Waals surface area (Å²) < 4.78 is 18.2. The average Bonchev–Trinajstić information content (AvgIpc) is 2.61. The Kier molecular flexibility index (Phi) is 4.84. The number of nitrogens with two attached hydrogens (primary N) is 1. The molecule has 3 aromatic carbocycles. The molecule has 0 aliphatic carbocycles. The van der Waals surface area contributed by atoms with Crippen LogP contribution in [-0.4, -0.2) is 18.0 Å². The van der Waals surface area contributed by atoms with Crippen LogP contribution in [0.4, 0.5) is 15.8 Å². The number of carbonyl (C=O) groups is 2. The molecular formula is C20H17FN2O3. The molecule has 0 heterocycles. The van der Waals surface area contributed by atoms with Crippen molar-refractivity contribution in [3.05, 3.63) is 72.0 Å². The highest BCUT2D eigenvalue weighted by Crippen LogP contribution is 2.20. The highest BCUT2D eigenvalue weighted by atomic mass is 19.1. The summed E-state index contributed by atoms with van der Waals surface area (Å²) in [6, 6.07) is 16.6. The third-order valence-corrected chi connectivity index (χ3v) is 3.90. The Hall–Kier alpha value is -3.41. The molecule has 0 aliphatic rings. The first-order valence-electron chi connectivity index (χ1n) is 8.00. The first-order chi connectivity index (χ1) is 12.4. The van der Waals surface area contributed by atoms with Crippen LogP contribution in [0.1, 0.15) is 17.3 Å². The van der Waals surface area contributed by atoms with E-state index in [1.165, 1.54) is 13.0 Å². The molecule has 1 amide bonds. The van der Waals surface area contributed by atoms with Gasteiger partial charge in [-0.25, -0.2) is 9.18 Å². The smallest absolute Gasteiger partial charge is 0.341 e. The lowest BCUT2D eigenvalue weighted by molar-refractivity contribution is -0.123. The summed E-state index contributed by atoms with van der Waals surface area (Å²) in [7, 11) is 0. The zero-order valence-corrected chi connectivity index (χ0v) is 14.0. The molecule has 3 N–H and O–H groups in total. The lowest BCUT2D eigenvalue weighted by Crippen LogP contribution is -2.30. The lowest BCUT2D eigenvalue weighted by atomic mass is 10.1. The van der Waals surface area contributed by atoms with Crippen LogP contribution in [0.5, 0.6) is 0 Å². The van der Waals surface area contributed by atoms with Crippen LogP contribution in [0.25, 0.3) is 10.8 Å². The van der Waals surface area contributed by atoms with Crippen LogP contribution < -0.4 is 11.1 Å². The molecule has 0 aromatic heterocycles. The molecule has 0 unspecified atom stereocenters. The number of fused-ring (bicyclic) bond motifs is 1. The molecule has 0 radical (unpaired) electrons. The average molecular weight is 352 g/mol. The Morgan fingerprint density at radius 3 is 2.50 bits per heavy atom. The van der Waals surface area contributed by atoms with Crippen LogP contribution in [0.3, 0.4) is 0 Å². The van der Waals surface area contributed by atoms with Gasteiger partial charge in [0.1, 0.15) is 5.82 Å². The maximum atomic E-state index is 13.1. The molecule has 0 saturated heterocycles. The van der Waals surface area contributed by atoms with E-state index >= 15 is 0 Å². The number of carbonyl (C=O) groups excluding carboxylic acids is 2. The van der Waals surface area contributed by atoms with Gasteiger partial charge in [0.2, 0.25) is 0 Å². The molecule has 26 heavy (non-hydrogen) atoms. The van der Waals surface area contributed by atoms with Gasteiger partial charge in [-0.15, -0.1) is 0 Å². The second-order valence-electron chi connectivity index (χ2n) is 5.83. The number of ether oxygens (including phenoxy) is 1. The van der Waals surface area contributed by atoms with Crippen molar-refractivity contribution in [2.75, 3.05) is 11.1 Å². The van der Waals surface area contributed by atoms with Gasteiger partial charge < -0.3 is 15.8 Å². The monoisotopic (exact) mass is 352 g/mol. The number of amides is 1. The predicted octanol–water partition coefficient (Wildman–Crippen LogP) is 3.75. The minimum atomic E-state index is -1.04. The van der Waals surface area contributed by atoms with E-state index < -0.39 is 23.8 Å². The highest BCUT2D eigenvalue weighted by molar-refractivity contribution is 6.00. The summed E-state index contributed by atoms with van der Waals surface area (Å²) in [6.07, 6.45) is -1.04. The minimum Gasteiger partial charge on any atom is -0.449 e. The molecule has 1 atom stereocenters. The number of hydrogen-bond acceptors (Lipinski definition) is 4. The Morgan fingerprint density at radius 2 is 1.77 bits per heavy atom. The van der Waals surface area contributed by atoms with E-state index in [0.717, 1.165) is 22.9 Å². The third-order valence-electron chi connectivity index (χ3n) is 3.90. The van der Waals surface area contributed by atoms with Gasteiger partial charge in [-0.2, -0.15) is 0 Å².